The minimum Gasteiger partial charge on any atom is -0.488 e. The van der Waals surface area contributed by atoms with Gasteiger partial charge in [0.1, 0.15) is 18.2 Å². The van der Waals surface area contributed by atoms with Gasteiger partial charge in [0.2, 0.25) is 0 Å². The maximum atomic E-state index is 10.7. The minimum absolute atomic E-state index is 0.0194. The van der Waals surface area contributed by atoms with Crippen LogP contribution in [0.5, 0.6) is 5.75 Å². The zero-order valence-electron chi connectivity index (χ0n) is 10.6. The molecule has 102 valence electrons. The molecule has 0 saturated heterocycles. The molecule has 0 amide bonds. The predicted octanol–water partition coefficient (Wildman–Crippen LogP) is 2.46. The lowest BCUT2D eigenvalue weighted by Gasteiger charge is -2.10. The van der Waals surface area contributed by atoms with Crippen molar-refractivity contribution in [2.24, 2.45) is 5.73 Å². The smallest absolute Gasteiger partial charge is 0.269 e. The molecule has 0 heterocycles. The SMILES string of the molecule is N=C(N)c1ccccc1OCc1cccc([N+](=O)[O-])c1. The van der Waals surface area contributed by atoms with Crippen LogP contribution in [0.2, 0.25) is 0 Å². The Hall–Kier alpha value is -2.89. The Morgan fingerprint density at radius 1 is 1.25 bits per heavy atom. The third kappa shape index (κ3) is 3.11. The standard InChI is InChI=1S/C14H13N3O3/c15-14(16)12-6-1-2-7-13(12)20-9-10-4-3-5-11(8-10)17(18)19/h1-8H,9H2,(H3,15,16). The van der Waals surface area contributed by atoms with Crippen molar-refractivity contribution in [2.75, 3.05) is 0 Å². The van der Waals surface area contributed by atoms with Crippen molar-refractivity contribution in [1.29, 1.82) is 5.41 Å². The molecule has 0 aliphatic heterocycles. The Kier molecular flexibility index (Phi) is 3.95. The number of hydrogen-bond acceptors (Lipinski definition) is 4. The van der Waals surface area contributed by atoms with Crippen LogP contribution in [-0.2, 0) is 6.61 Å². The molecule has 0 bridgehead atoms. The van der Waals surface area contributed by atoms with Gasteiger partial charge in [0, 0.05) is 12.1 Å². The van der Waals surface area contributed by atoms with Crippen molar-refractivity contribution in [3.63, 3.8) is 0 Å². The fraction of sp³-hybridized carbons (Fsp3) is 0.0714. The first-order valence-corrected chi connectivity index (χ1v) is 5.87. The summed E-state index contributed by atoms with van der Waals surface area (Å²) in [5.74, 6) is 0.395. The minimum atomic E-state index is -0.451. The van der Waals surface area contributed by atoms with E-state index < -0.39 is 4.92 Å². The molecule has 0 aliphatic rings. The van der Waals surface area contributed by atoms with E-state index in [9.17, 15) is 10.1 Å². The predicted molar refractivity (Wildman–Crippen MR) is 74.9 cm³/mol. The van der Waals surface area contributed by atoms with Crippen molar-refractivity contribution in [2.45, 2.75) is 6.61 Å². The molecular formula is C14H13N3O3. The van der Waals surface area contributed by atoms with Gasteiger partial charge in [-0.1, -0.05) is 24.3 Å². The van der Waals surface area contributed by atoms with E-state index in [4.69, 9.17) is 15.9 Å². The molecule has 0 spiro atoms. The van der Waals surface area contributed by atoms with Gasteiger partial charge in [-0.15, -0.1) is 0 Å². The number of nitrogens with one attached hydrogen (secondary N) is 1. The lowest BCUT2D eigenvalue weighted by Crippen LogP contribution is -2.13. The van der Waals surface area contributed by atoms with Gasteiger partial charge in [-0.2, -0.15) is 0 Å². The van der Waals surface area contributed by atoms with Crippen LogP contribution in [0.15, 0.2) is 48.5 Å². The largest absolute Gasteiger partial charge is 0.488 e. The summed E-state index contributed by atoms with van der Waals surface area (Å²) in [5, 5.41) is 18.1. The zero-order chi connectivity index (χ0) is 14.5. The number of nitrogen functional groups attached to an aromatic ring is 1. The number of nitrogens with zero attached hydrogens (tertiary/aromatic N) is 1. The molecule has 0 radical (unpaired) electrons. The maximum Gasteiger partial charge on any atom is 0.269 e. The quantitative estimate of drug-likeness (QED) is 0.377. The monoisotopic (exact) mass is 271 g/mol. The molecule has 0 fully saturated rings. The van der Waals surface area contributed by atoms with E-state index >= 15 is 0 Å². The number of hydrogen-bond donors (Lipinski definition) is 2. The van der Waals surface area contributed by atoms with Crippen molar-refractivity contribution in [3.05, 3.63) is 69.8 Å². The average Bonchev–Trinajstić information content (AvgIpc) is 2.45. The lowest BCUT2D eigenvalue weighted by atomic mass is 10.2. The zero-order valence-corrected chi connectivity index (χ0v) is 10.6. The third-order valence-electron chi connectivity index (χ3n) is 2.69. The number of amidine groups is 1. The van der Waals surface area contributed by atoms with Crippen LogP contribution in [0.1, 0.15) is 11.1 Å². The van der Waals surface area contributed by atoms with Gasteiger partial charge in [-0.25, -0.2) is 0 Å². The number of para-hydroxylation sites is 1. The van der Waals surface area contributed by atoms with E-state index in [0.717, 1.165) is 0 Å². The van der Waals surface area contributed by atoms with Crippen LogP contribution in [-0.4, -0.2) is 10.8 Å². The van der Waals surface area contributed by atoms with Gasteiger partial charge in [-0.3, -0.25) is 15.5 Å². The van der Waals surface area contributed by atoms with Crippen molar-refractivity contribution in [3.8, 4) is 5.75 Å². The summed E-state index contributed by atoms with van der Waals surface area (Å²) < 4.78 is 5.58. The number of non-ortho nitro benzene ring substituents is 1. The van der Waals surface area contributed by atoms with Crippen molar-refractivity contribution < 1.29 is 9.66 Å². The highest BCUT2D eigenvalue weighted by Gasteiger charge is 2.08. The van der Waals surface area contributed by atoms with E-state index in [1.165, 1.54) is 12.1 Å². The summed E-state index contributed by atoms with van der Waals surface area (Å²) in [5.41, 5.74) is 6.66. The molecule has 0 unspecified atom stereocenters. The molecular weight excluding hydrogens is 258 g/mol. The second-order valence-electron chi connectivity index (χ2n) is 4.13. The third-order valence-corrected chi connectivity index (χ3v) is 2.69. The topological polar surface area (TPSA) is 102 Å². The molecule has 2 aromatic rings. The first-order chi connectivity index (χ1) is 9.58. The number of rotatable bonds is 5. The van der Waals surface area contributed by atoms with Gasteiger partial charge >= 0.3 is 0 Å². The Morgan fingerprint density at radius 2 is 2.00 bits per heavy atom. The molecule has 6 heteroatoms. The molecule has 2 rings (SSSR count). The highest BCUT2D eigenvalue weighted by atomic mass is 16.6. The Labute approximate surface area is 115 Å². The maximum absolute atomic E-state index is 10.7. The van der Waals surface area contributed by atoms with E-state index in [0.29, 0.717) is 16.9 Å². The fourth-order valence-electron chi connectivity index (χ4n) is 1.74. The van der Waals surface area contributed by atoms with Gasteiger partial charge in [0.15, 0.2) is 0 Å². The molecule has 3 N–H and O–H groups in total. The average molecular weight is 271 g/mol. The Morgan fingerprint density at radius 3 is 2.70 bits per heavy atom. The number of nitro groups is 1. The molecule has 0 saturated carbocycles. The molecule has 0 aromatic heterocycles. The van der Waals surface area contributed by atoms with E-state index in [1.807, 2.05) is 0 Å². The van der Waals surface area contributed by atoms with Gasteiger partial charge in [0.05, 0.1) is 10.5 Å². The second kappa shape index (κ2) is 5.83. The van der Waals surface area contributed by atoms with E-state index in [-0.39, 0.29) is 18.1 Å². The van der Waals surface area contributed by atoms with Crippen LogP contribution >= 0.6 is 0 Å². The van der Waals surface area contributed by atoms with Crippen LogP contribution in [0, 0.1) is 15.5 Å². The summed E-state index contributed by atoms with van der Waals surface area (Å²) in [6.07, 6.45) is 0. The van der Waals surface area contributed by atoms with Crippen LogP contribution in [0.3, 0.4) is 0 Å². The van der Waals surface area contributed by atoms with Crippen molar-refractivity contribution >= 4 is 11.5 Å². The number of nitrogens with two attached hydrogens (primary N) is 1. The first kappa shape index (κ1) is 13.5. The summed E-state index contributed by atoms with van der Waals surface area (Å²) in [6, 6.07) is 13.1. The van der Waals surface area contributed by atoms with E-state index in [2.05, 4.69) is 0 Å². The van der Waals surface area contributed by atoms with Gasteiger partial charge in [0.25, 0.3) is 5.69 Å². The lowest BCUT2D eigenvalue weighted by molar-refractivity contribution is -0.384. The summed E-state index contributed by atoms with van der Waals surface area (Å²) in [4.78, 5) is 10.2. The van der Waals surface area contributed by atoms with Crippen LogP contribution in [0.25, 0.3) is 0 Å². The summed E-state index contributed by atoms with van der Waals surface area (Å²) in [7, 11) is 0. The highest BCUT2D eigenvalue weighted by molar-refractivity contribution is 5.97. The molecule has 0 aliphatic carbocycles. The molecule has 2 aromatic carbocycles. The normalized spacial score (nSPS) is 10.0. The van der Waals surface area contributed by atoms with Crippen LogP contribution in [0.4, 0.5) is 5.69 Å². The summed E-state index contributed by atoms with van der Waals surface area (Å²) >= 11 is 0. The molecule has 6 nitrogen and oxygen atoms in total. The Balaban J connectivity index is 2.15. The number of ether oxygens (including phenoxy) is 1. The Bertz CT molecular complexity index is 656. The summed E-state index contributed by atoms with van der Waals surface area (Å²) in [6.45, 7) is 0.173. The van der Waals surface area contributed by atoms with Crippen LogP contribution < -0.4 is 10.5 Å². The molecule has 0 atom stereocenters. The first-order valence-electron chi connectivity index (χ1n) is 5.87. The van der Waals surface area contributed by atoms with Gasteiger partial charge in [-0.05, 0) is 17.7 Å². The fourth-order valence-corrected chi connectivity index (χ4v) is 1.74. The molecule has 20 heavy (non-hydrogen) atoms. The number of nitro benzene ring substituents is 1. The van der Waals surface area contributed by atoms with Crippen molar-refractivity contribution in [1.82, 2.24) is 0 Å². The van der Waals surface area contributed by atoms with Gasteiger partial charge < -0.3 is 10.5 Å². The van der Waals surface area contributed by atoms with E-state index in [1.54, 1.807) is 36.4 Å². The highest BCUT2D eigenvalue weighted by Crippen LogP contribution is 2.20. The number of benzene rings is 2. The second-order valence-corrected chi connectivity index (χ2v) is 4.13.